The molecule has 16 heteroatoms. The summed E-state index contributed by atoms with van der Waals surface area (Å²) in [4.78, 5) is 0. The van der Waals surface area contributed by atoms with Gasteiger partial charge in [0.2, 0.25) is 0 Å². The van der Waals surface area contributed by atoms with E-state index in [0.717, 1.165) is 173 Å². The number of halogens is 1. The second kappa shape index (κ2) is 42.6. The fourth-order valence-corrected chi connectivity index (χ4v) is 23.3. The van der Waals surface area contributed by atoms with Gasteiger partial charge in [-0.15, -0.1) is 4.20 Å². The monoisotopic (exact) mass is 1890 g/mol. The van der Waals surface area contributed by atoms with Crippen LogP contribution in [0.4, 0.5) is 4.20 Å². The van der Waals surface area contributed by atoms with Gasteiger partial charge in [-0.3, -0.25) is 13.6 Å². The van der Waals surface area contributed by atoms with E-state index < -0.39 is 39.5 Å². The summed E-state index contributed by atoms with van der Waals surface area (Å²) >= 11 is 0. The van der Waals surface area contributed by atoms with Gasteiger partial charge >= 0.3 is 33.4 Å². The highest BCUT2D eigenvalue weighted by molar-refractivity contribution is 7.42. The second-order valence-electron chi connectivity index (χ2n) is 49.7. The van der Waals surface area contributed by atoms with E-state index >= 15 is 4.20 Å². The molecule has 3 unspecified atom stereocenters. The van der Waals surface area contributed by atoms with Crippen LogP contribution in [0, 0.1) is 54.3 Å². The van der Waals surface area contributed by atoms with E-state index in [-0.39, 0.29) is 50.4 Å². The van der Waals surface area contributed by atoms with E-state index in [2.05, 4.69) is 360 Å². The van der Waals surface area contributed by atoms with E-state index in [4.69, 9.17) is 47.8 Å². The molecule has 0 bridgehead atoms. The van der Waals surface area contributed by atoms with Crippen LogP contribution >= 0.6 is 33.4 Å². The van der Waals surface area contributed by atoms with Crippen molar-refractivity contribution < 1.29 is 52.0 Å². The lowest BCUT2D eigenvalue weighted by atomic mass is 9.79. The molecule has 1 aliphatic heterocycles. The Morgan fingerprint density at radius 3 is 0.774 bits per heavy atom. The summed E-state index contributed by atoms with van der Waals surface area (Å²) in [5.74, 6) is 5.24. The van der Waals surface area contributed by atoms with Crippen molar-refractivity contribution in [3.05, 3.63) is 197 Å². The first-order chi connectivity index (χ1) is 61.6. The van der Waals surface area contributed by atoms with E-state index in [1.165, 1.54) is 44.5 Å². The maximum absolute atomic E-state index is 15.1. The smallest absolute Gasteiger partial charge is 0.414 e. The molecule has 133 heavy (non-hydrogen) atoms. The van der Waals surface area contributed by atoms with Crippen molar-refractivity contribution >= 4 is 99.2 Å². The Morgan fingerprint density at radius 1 is 0.286 bits per heavy atom. The van der Waals surface area contributed by atoms with Gasteiger partial charge in [0.25, 0.3) is 0 Å². The molecule has 3 aromatic heterocycles. The molecular formula is C117H169FO11P4. The van der Waals surface area contributed by atoms with Gasteiger partial charge in [-0.1, -0.05) is 324 Å². The van der Waals surface area contributed by atoms with Gasteiger partial charge in [0.05, 0.1) is 19.3 Å². The number of rotatable bonds is 27. The first-order valence-electron chi connectivity index (χ1n) is 50.2. The average Bonchev–Trinajstić information content (AvgIpc) is 1.53. The molecule has 0 saturated carbocycles. The van der Waals surface area contributed by atoms with Gasteiger partial charge < -0.3 is 34.2 Å². The minimum Gasteiger partial charge on any atom is -0.414 e. The van der Waals surface area contributed by atoms with Crippen LogP contribution in [0.25, 0.3) is 65.8 Å². The highest BCUT2D eigenvalue weighted by Gasteiger charge is 2.37. The minimum absolute atomic E-state index is 0.0488. The van der Waals surface area contributed by atoms with Gasteiger partial charge in [-0.2, -0.15) is 0 Å². The van der Waals surface area contributed by atoms with Gasteiger partial charge in [0, 0.05) is 88.3 Å². The number of hydrogen-bond acceptors (Lipinski definition) is 11. The third-order valence-electron chi connectivity index (χ3n) is 25.1. The lowest BCUT2D eigenvalue weighted by Gasteiger charge is -2.31. The topological polar surface area (TPSA) is 125 Å². The molecule has 0 radical (unpaired) electrons. The lowest BCUT2D eigenvalue weighted by molar-refractivity contribution is 0.195. The molecule has 8 aromatic carbocycles. The quantitative estimate of drug-likeness (QED) is 0.0361. The number of hydrogen-bond donors (Lipinski definition) is 0. The number of benzene rings is 8. The Balaban J connectivity index is 0.000000461. The van der Waals surface area contributed by atoms with Crippen molar-refractivity contribution in [2.45, 2.75) is 391 Å². The third-order valence-corrected chi connectivity index (χ3v) is 29.0. The summed E-state index contributed by atoms with van der Waals surface area (Å²) < 4.78 is 93.0. The standard InChI is InChI=1S/C90H131O9P3.C27H38FO2P/c1-54(2)36-60-42-67-68-43-61(37-55(3)4)49-74(86(16,17)18)80(68)95-100(94-79(67)73(48-60)85(13,14)15)91-34-31-32-66(93-102-98-83-71(46-64(40-58(9)10)52-77(83)89(25,26)27)72-47-65(41-59(11)12)53-78(84(72)99-102)90(28,29)30)33-35-92-101-96-81-69(44-62(38-56(5)6)50-75(81)87(19,20)21)70-45-63(39-57(7)8)51-76(82(70)97-101)88(22,23)24;1-16(2)10-20-12-18(5)25-22(13-20)19(6)23-14-21(11-17(3)4)15-24(27(7,8)9)26(23)30-31(28)29-25/h42-59,66H,31-41H2,1-30H3;12-17,19H,10-11H2,1-9H3. The molecule has 3 atom stereocenters. The van der Waals surface area contributed by atoms with Crippen molar-refractivity contribution in [2.24, 2.45) is 47.3 Å². The van der Waals surface area contributed by atoms with Gasteiger partial charge in [0.15, 0.2) is 0 Å². The maximum atomic E-state index is 15.1. The Bertz CT molecular complexity index is 5790. The molecule has 730 valence electrons. The van der Waals surface area contributed by atoms with Crippen molar-refractivity contribution in [3.8, 4) is 11.5 Å². The van der Waals surface area contributed by atoms with Crippen molar-refractivity contribution in [1.82, 2.24) is 0 Å². The second-order valence-corrected chi connectivity index (χ2v) is 53.7. The Hall–Kier alpha value is -6.70. The highest BCUT2D eigenvalue weighted by atomic mass is 31.2. The molecule has 0 N–H and O–H groups in total. The predicted molar refractivity (Wildman–Crippen MR) is 570 cm³/mol. The van der Waals surface area contributed by atoms with Crippen LogP contribution in [0.1, 0.15) is 388 Å². The molecule has 12 rings (SSSR count). The Kier molecular flexibility index (Phi) is 34.1. The normalized spacial score (nSPS) is 14.8. The third kappa shape index (κ3) is 27.3. The molecule has 0 spiro atoms. The van der Waals surface area contributed by atoms with E-state index in [1.54, 1.807) is 0 Å². The van der Waals surface area contributed by atoms with Gasteiger partial charge in [0.1, 0.15) is 45.0 Å². The summed E-state index contributed by atoms with van der Waals surface area (Å²) in [5, 5.41) is 6.38. The summed E-state index contributed by atoms with van der Waals surface area (Å²) in [6.07, 6.45) is 8.86. The number of aryl methyl sites for hydroxylation is 1. The summed E-state index contributed by atoms with van der Waals surface area (Å²) in [6.45, 7) is 89.0. The van der Waals surface area contributed by atoms with E-state index in [0.29, 0.717) is 84.7 Å². The largest absolute Gasteiger partial charge is 0.505 e. The predicted octanol–water partition coefficient (Wildman–Crippen LogP) is 37.5. The van der Waals surface area contributed by atoms with Crippen LogP contribution in [0.5, 0.6) is 11.5 Å². The molecule has 4 heterocycles. The number of fused-ring (bicyclic) bond motifs is 11. The van der Waals surface area contributed by atoms with Crippen LogP contribution in [0.3, 0.4) is 0 Å². The van der Waals surface area contributed by atoms with Crippen LogP contribution in [0.2, 0.25) is 0 Å². The van der Waals surface area contributed by atoms with Crippen LogP contribution in [0.15, 0.2) is 122 Å². The molecule has 0 amide bonds. The van der Waals surface area contributed by atoms with Crippen LogP contribution in [-0.2, 0) is 89.3 Å². The average molecular weight is 1890 g/mol. The lowest BCUT2D eigenvalue weighted by Crippen LogP contribution is -2.19. The molecule has 0 aliphatic carbocycles. The molecule has 0 saturated heterocycles. The SMILES string of the molecule is CC(C)Cc1cc(C(C)(C)C)c2op(OCCCC(CCOp3oc4c(C(C)(C)C)cc(CC(C)C)cc4c4cc(CC(C)C)cc(C(C)(C)C)c4o3)Op3oc4c(C(C)(C)C)cc(CC(C)C)cc4c4cc(CC(C)C)cc(C(C)(C)C)c4o3)oc3c(C(C)(C)C)cc(CC(C)C)cc3c2c1.Cc1cc(CC(C)C)cc2c1OP(F)Oc1c(cc(CC(C)C)cc1C(C)(C)C)C2C. The zero-order valence-corrected chi connectivity index (χ0v) is 92.9. The molecule has 11 aromatic rings. The van der Waals surface area contributed by atoms with Crippen molar-refractivity contribution in [1.29, 1.82) is 0 Å². The van der Waals surface area contributed by atoms with Crippen LogP contribution < -0.4 is 22.6 Å². The zero-order valence-electron chi connectivity index (χ0n) is 89.4. The molecule has 11 nitrogen and oxygen atoms in total. The molecular weight excluding hydrogens is 1720 g/mol. The molecule has 1 aliphatic rings. The summed E-state index contributed by atoms with van der Waals surface area (Å²) in [7, 11) is -8.60. The van der Waals surface area contributed by atoms with Crippen LogP contribution in [-0.4, -0.2) is 19.3 Å². The first kappa shape index (κ1) is 107. The maximum Gasteiger partial charge on any atom is 0.505 e. The summed E-state index contributed by atoms with van der Waals surface area (Å²) in [6, 6.07) is 37.2. The fourth-order valence-electron chi connectivity index (χ4n) is 19.1. The minimum atomic E-state index is -2.56. The summed E-state index contributed by atoms with van der Waals surface area (Å²) in [5.41, 5.74) is 24.6. The van der Waals surface area contributed by atoms with Crippen molar-refractivity contribution in [2.75, 3.05) is 13.2 Å². The van der Waals surface area contributed by atoms with Crippen molar-refractivity contribution in [3.63, 3.8) is 0 Å². The highest BCUT2D eigenvalue weighted by Crippen LogP contribution is 2.56. The van der Waals surface area contributed by atoms with Gasteiger partial charge in [-0.25, -0.2) is 0 Å². The van der Waals surface area contributed by atoms with Gasteiger partial charge in [-0.05, 0) is 249 Å². The Labute approximate surface area is 805 Å². The Morgan fingerprint density at radius 2 is 0.511 bits per heavy atom. The zero-order chi connectivity index (χ0) is 98.3. The first-order valence-corrected chi connectivity index (χ1v) is 54.5. The van der Waals surface area contributed by atoms with E-state index in [9.17, 15) is 0 Å². The fraction of sp³-hybridized carbons (Fsp3) is 0.590. The van der Waals surface area contributed by atoms with E-state index in [1.807, 2.05) is 6.92 Å². The molecule has 0 fully saturated rings.